The lowest BCUT2D eigenvalue weighted by Crippen LogP contribution is -1.99. The van der Waals surface area contributed by atoms with E-state index in [9.17, 15) is 10.2 Å². The van der Waals surface area contributed by atoms with Crippen molar-refractivity contribution in [3.8, 4) is 11.5 Å². The van der Waals surface area contributed by atoms with Crippen molar-refractivity contribution in [1.82, 2.24) is 0 Å². The Morgan fingerprint density at radius 1 is 1.36 bits per heavy atom. The Bertz CT molecular complexity index is 411. The summed E-state index contributed by atoms with van der Waals surface area (Å²) < 4.78 is 0. The molecule has 0 aliphatic rings. The molecule has 0 fully saturated rings. The number of hydrogen-bond acceptors (Lipinski definition) is 3. The third kappa shape index (κ3) is 1.46. The maximum absolute atomic E-state index is 9.40. The van der Waals surface area contributed by atoms with Gasteiger partial charge in [0, 0.05) is 5.56 Å². The summed E-state index contributed by atoms with van der Waals surface area (Å²) in [5, 5.41) is 26.2. The average Bonchev–Trinajstić information content (AvgIpc) is 2.19. The molecule has 0 aliphatic heterocycles. The number of benzene rings is 1. The maximum Gasteiger partial charge on any atom is 0.160 e. The number of phenols is 2. The van der Waals surface area contributed by atoms with Crippen LogP contribution in [0.5, 0.6) is 11.5 Å². The molecule has 0 unspecified atom stereocenters. The molecule has 0 bridgehead atoms. The van der Waals surface area contributed by atoms with Crippen LogP contribution in [0.3, 0.4) is 0 Å². The van der Waals surface area contributed by atoms with Gasteiger partial charge in [-0.25, -0.2) is 4.99 Å². The zero-order valence-electron chi connectivity index (χ0n) is 8.13. The molecule has 74 valence electrons. The molecule has 3 N–H and O–H groups in total. The second-order valence-corrected chi connectivity index (χ2v) is 3.05. The first-order valence-electron chi connectivity index (χ1n) is 4.06. The Kier molecular flexibility index (Phi) is 2.56. The van der Waals surface area contributed by atoms with Gasteiger partial charge >= 0.3 is 0 Å². The van der Waals surface area contributed by atoms with Crippen LogP contribution in [0.2, 0.25) is 0 Å². The summed E-state index contributed by atoms with van der Waals surface area (Å²) in [6, 6.07) is 1.31. The fourth-order valence-corrected chi connectivity index (χ4v) is 1.22. The summed E-state index contributed by atoms with van der Waals surface area (Å²) in [4.78, 5) is 3.47. The van der Waals surface area contributed by atoms with Crippen molar-refractivity contribution in [2.75, 3.05) is 0 Å². The Morgan fingerprint density at radius 2 is 1.93 bits per heavy atom. The van der Waals surface area contributed by atoms with Gasteiger partial charge in [0.2, 0.25) is 0 Å². The van der Waals surface area contributed by atoms with Gasteiger partial charge in [0.15, 0.2) is 17.3 Å². The zero-order valence-corrected chi connectivity index (χ0v) is 8.13. The van der Waals surface area contributed by atoms with Crippen LogP contribution in [-0.4, -0.2) is 22.8 Å². The highest BCUT2D eigenvalue weighted by atomic mass is 16.3. The number of hydrogen-bond donors (Lipinski definition) is 3. The molecule has 0 amide bonds. The topological polar surface area (TPSA) is 76.7 Å². The lowest BCUT2D eigenvalue weighted by Gasteiger charge is -2.10. The van der Waals surface area contributed by atoms with Gasteiger partial charge in [-0.1, -0.05) is 0 Å². The zero-order chi connectivity index (χ0) is 10.9. The van der Waals surface area contributed by atoms with E-state index in [0.29, 0.717) is 11.1 Å². The van der Waals surface area contributed by atoms with E-state index in [-0.39, 0.29) is 17.3 Å². The van der Waals surface area contributed by atoms with Crippen molar-refractivity contribution in [1.29, 1.82) is 5.41 Å². The van der Waals surface area contributed by atoms with Gasteiger partial charge in [-0.2, -0.15) is 0 Å². The smallest absolute Gasteiger partial charge is 0.160 e. The third-order valence-corrected chi connectivity index (χ3v) is 2.26. The Balaban J connectivity index is 3.47. The normalized spacial score (nSPS) is 9.86. The van der Waals surface area contributed by atoms with E-state index >= 15 is 0 Å². The van der Waals surface area contributed by atoms with E-state index in [1.54, 1.807) is 13.8 Å². The second-order valence-electron chi connectivity index (χ2n) is 3.05. The van der Waals surface area contributed by atoms with Crippen molar-refractivity contribution >= 4 is 12.6 Å². The number of phenolic OH excluding ortho intramolecular Hbond substituents is 2. The standard InChI is InChI=1S/C10H12N2O2/c1-5-6(2)9(14)8(13)4-7(5)10(11)12-3/h4,11,13-14H,3H2,1-2H3. The first-order chi connectivity index (χ1) is 6.49. The van der Waals surface area contributed by atoms with Gasteiger partial charge in [0.05, 0.1) is 0 Å². The van der Waals surface area contributed by atoms with Gasteiger partial charge in [-0.15, -0.1) is 0 Å². The van der Waals surface area contributed by atoms with Crippen LogP contribution in [0.25, 0.3) is 0 Å². The Morgan fingerprint density at radius 3 is 2.43 bits per heavy atom. The van der Waals surface area contributed by atoms with Crippen molar-refractivity contribution in [3.63, 3.8) is 0 Å². The van der Waals surface area contributed by atoms with Crippen molar-refractivity contribution < 1.29 is 10.2 Å². The highest BCUT2D eigenvalue weighted by Crippen LogP contribution is 2.33. The minimum atomic E-state index is -0.239. The second kappa shape index (κ2) is 3.49. The van der Waals surface area contributed by atoms with Gasteiger partial charge in [0.25, 0.3) is 0 Å². The first kappa shape index (κ1) is 10.2. The Labute approximate surface area is 82.1 Å². The van der Waals surface area contributed by atoms with Crippen LogP contribution in [0.4, 0.5) is 0 Å². The molecular formula is C10H12N2O2. The third-order valence-electron chi connectivity index (χ3n) is 2.26. The highest BCUT2D eigenvalue weighted by Gasteiger charge is 2.13. The SMILES string of the molecule is C=NC(=N)c1cc(O)c(O)c(C)c1C. The van der Waals surface area contributed by atoms with Gasteiger partial charge < -0.3 is 10.2 Å². The highest BCUT2D eigenvalue weighted by molar-refractivity contribution is 6.01. The minimum absolute atomic E-state index is 0.0131. The fourth-order valence-electron chi connectivity index (χ4n) is 1.22. The van der Waals surface area contributed by atoms with E-state index in [0.717, 1.165) is 5.56 Å². The first-order valence-corrected chi connectivity index (χ1v) is 4.06. The van der Waals surface area contributed by atoms with Crippen LogP contribution in [-0.2, 0) is 0 Å². The predicted octanol–water partition coefficient (Wildman–Crippen LogP) is 1.74. The van der Waals surface area contributed by atoms with E-state index in [2.05, 4.69) is 11.7 Å². The lowest BCUT2D eigenvalue weighted by atomic mass is 10.0. The van der Waals surface area contributed by atoms with Gasteiger partial charge in [0.1, 0.15) is 0 Å². The number of nitrogens with one attached hydrogen (secondary N) is 1. The van der Waals surface area contributed by atoms with Crippen molar-refractivity contribution in [2.45, 2.75) is 13.8 Å². The number of aromatic hydroxyl groups is 2. The molecule has 1 rings (SSSR count). The molecule has 0 spiro atoms. The molecular weight excluding hydrogens is 180 g/mol. The maximum atomic E-state index is 9.40. The predicted molar refractivity (Wildman–Crippen MR) is 55.6 cm³/mol. The van der Waals surface area contributed by atoms with Gasteiger partial charge in [-0.05, 0) is 37.8 Å². The van der Waals surface area contributed by atoms with Crippen LogP contribution >= 0.6 is 0 Å². The minimum Gasteiger partial charge on any atom is -0.504 e. The van der Waals surface area contributed by atoms with E-state index in [1.807, 2.05) is 0 Å². The van der Waals surface area contributed by atoms with E-state index < -0.39 is 0 Å². The lowest BCUT2D eigenvalue weighted by molar-refractivity contribution is 0.400. The molecule has 4 nitrogen and oxygen atoms in total. The number of aliphatic imine (C=N–C) groups is 1. The number of nitrogens with zero attached hydrogens (tertiary/aromatic N) is 1. The summed E-state index contributed by atoms with van der Waals surface area (Å²) in [6.45, 7) is 6.67. The molecule has 0 radical (unpaired) electrons. The quantitative estimate of drug-likeness (QED) is 0.360. The van der Waals surface area contributed by atoms with Gasteiger partial charge in [-0.3, -0.25) is 5.41 Å². The van der Waals surface area contributed by atoms with E-state index in [4.69, 9.17) is 5.41 Å². The molecule has 1 aromatic carbocycles. The summed E-state index contributed by atoms with van der Waals surface area (Å²) in [7, 11) is 0. The van der Waals surface area contributed by atoms with Crippen LogP contribution in [0.15, 0.2) is 11.1 Å². The van der Waals surface area contributed by atoms with Crippen LogP contribution < -0.4 is 0 Å². The molecule has 0 heterocycles. The number of amidine groups is 1. The summed E-state index contributed by atoms with van der Waals surface area (Å²) in [6.07, 6.45) is 0. The van der Waals surface area contributed by atoms with E-state index in [1.165, 1.54) is 6.07 Å². The van der Waals surface area contributed by atoms with Crippen molar-refractivity contribution in [2.24, 2.45) is 4.99 Å². The number of rotatable bonds is 1. The molecule has 0 atom stereocenters. The van der Waals surface area contributed by atoms with Crippen LogP contribution in [0, 0.1) is 19.3 Å². The van der Waals surface area contributed by atoms with Crippen LogP contribution in [0.1, 0.15) is 16.7 Å². The molecule has 14 heavy (non-hydrogen) atoms. The summed E-state index contributed by atoms with van der Waals surface area (Å²) >= 11 is 0. The Hall–Kier alpha value is -1.84. The summed E-state index contributed by atoms with van der Waals surface area (Å²) in [5.41, 5.74) is 1.75. The molecule has 0 saturated heterocycles. The largest absolute Gasteiger partial charge is 0.504 e. The average molecular weight is 192 g/mol. The molecule has 0 aromatic heterocycles. The molecule has 0 aliphatic carbocycles. The molecule has 0 saturated carbocycles. The fraction of sp³-hybridized carbons (Fsp3) is 0.200. The molecule has 4 heteroatoms. The monoisotopic (exact) mass is 192 g/mol. The van der Waals surface area contributed by atoms with Crippen molar-refractivity contribution in [3.05, 3.63) is 22.8 Å². The summed E-state index contributed by atoms with van der Waals surface area (Å²) in [5.74, 6) is -0.402. The molecule has 1 aromatic rings.